The van der Waals surface area contributed by atoms with E-state index in [-0.39, 0.29) is 10.8 Å². The zero-order chi connectivity index (χ0) is 21.9. The second kappa shape index (κ2) is 8.79. The molecule has 1 aromatic heterocycles. The predicted octanol–water partition coefficient (Wildman–Crippen LogP) is 2.23. The number of nitrogens with two attached hydrogens (primary N) is 1. The Morgan fingerprint density at radius 1 is 1.20 bits per heavy atom. The number of hydrogen-bond acceptors (Lipinski definition) is 6. The molecule has 0 unspecified atom stereocenters. The SMILES string of the molecule is CN=C1CCN(C(C)=O)CC1=C(N)Cc1ccc(-c2cncc(S(C)(=O)=O)c2)cc1. The predicted molar refractivity (Wildman–Crippen MR) is 118 cm³/mol. The lowest BCUT2D eigenvalue weighted by Crippen LogP contribution is -2.40. The van der Waals surface area contributed by atoms with E-state index >= 15 is 0 Å². The van der Waals surface area contributed by atoms with Crippen molar-refractivity contribution in [2.24, 2.45) is 10.7 Å². The van der Waals surface area contributed by atoms with Crippen molar-refractivity contribution >= 4 is 21.5 Å². The topological polar surface area (TPSA) is 106 Å². The maximum absolute atomic E-state index is 11.8. The maximum atomic E-state index is 11.8. The summed E-state index contributed by atoms with van der Waals surface area (Å²) in [5.74, 6) is 0.0322. The number of allylic oxidation sites excluding steroid dienone is 1. The van der Waals surface area contributed by atoms with E-state index in [1.165, 1.54) is 12.5 Å². The Balaban J connectivity index is 1.83. The summed E-state index contributed by atoms with van der Waals surface area (Å²) in [7, 11) is -1.56. The highest BCUT2D eigenvalue weighted by Gasteiger charge is 2.23. The Bertz CT molecular complexity index is 1120. The highest BCUT2D eigenvalue weighted by Crippen LogP contribution is 2.23. The lowest BCUT2D eigenvalue weighted by molar-refractivity contribution is -0.128. The first-order valence-corrected chi connectivity index (χ1v) is 11.5. The van der Waals surface area contributed by atoms with Crippen LogP contribution in [-0.2, 0) is 21.1 Å². The van der Waals surface area contributed by atoms with E-state index in [1.807, 2.05) is 24.3 Å². The number of sulfone groups is 1. The molecule has 2 heterocycles. The molecule has 7 nitrogen and oxygen atoms in total. The molecule has 30 heavy (non-hydrogen) atoms. The molecule has 0 radical (unpaired) electrons. The number of nitrogens with zero attached hydrogens (tertiary/aromatic N) is 3. The normalized spacial score (nSPS) is 17.8. The Hall–Kier alpha value is -3.00. The van der Waals surface area contributed by atoms with Gasteiger partial charge in [0, 0.05) is 81.1 Å². The number of aromatic nitrogens is 1. The third-order valence-corrected chi connectivity index (χ3v) is 6.32. The number of amides is 1. The quantitative estimate of drug-likeness (QED) is 0.807. The third kappa shape index (κ3) is 4.94. The van der Waals surface area contributed by atoms with E-state index in [4.69, 9.17) is 5.73 Å². The summed E-state index contributed by atoms with van der Waals surface area (Å²) in [4.78, 5) is 22.1. The molecule has 1 fully saturated rings. The largest absolute Gasteiger partial charge is 0.401 e. The van der Waals surface area contributed by atoms with Crippen molar-refractivity contribution in [3.63, 3.8) is 0 Å². The van der Waals surface area contributed by atoms with Crippen LogP contribution in [0.15, 0.2) is 63.9 Å². The first kappa shape index (κ1) is 21.7. The van der Waals surface area contributed by atoms with E-state index in [0.29, 0.717) is 31.6 Å². The van der Waals surface area contributed by atoms with Crippen molar-refractivity contribution in [1.82, 2.24) is 9.88 Å². The highest BCUT2D eigenvalue weighted by atomic mass is 32.2. The van der Waals surface area contributed by atoms with Gasteiger partial charge in [-0.1, -0.05) is 24.3 Å². The Morgan fingerprint density at radius 3 is 2.50 bits per heavy atom. The van der Waals surface area contributed by atoms with Crippen molar-refractivity contribution in [2.75, 3.05) is 26.4 Å². The number of carbonyl (C=O) groups is 1. The fourth-order valence-electron chi connectivity index (χ4n) is 3.48. The monoisotopic (exact) mass is 426 g/mol. The molecule has 1 aliphatic rings. The van der Waals surface area contributed by atoms with E-state index in [0.717, 1.165) is 28.0 Å². The van der Waals surface area contributed by atoms with Gasteiger partial charge in [-0.05, 0) is 17.2 Å². The average molecular weight is 427 g/mol. The number of carbonyl (C=O) groups excluding carboxylic acids is 1. The molecule has 1 aliphatic heterocycles. The molecule has 1 aromatic carbocycles. The molecule has 1 saturated heterocycles. The van der Waals surface area contributed by atoms with Gasteiger partial charge in [0.2, 0.25) is 5.91 Å². The zero-order valence-corrected chi connectivity index (χ0v) is 18.2. The van der Waals surface area contributed by atoms with Crippen LogP contribution >= 0.6 is 0 Å². The van der Waals surface area contributed by atoms with E-state index in [1.54, 1.807) is 31.1 Å². The van der Waals surface area contributed by atoms with Gasteiger partial charge in [-0.2, -0.15) is 0 Å². The second-order valence-corrected chi connectivity index (χ2v) is 9.44. The fourth-order valence-corrected chi connectivity index (χ4v) is 4.07. The van der Waals surface area contributed by atoms with Crippen molar-refractivity contribution in [2.45, 2.75) is 24.7 Å². The van der Waals surface area contributed by atoms with Crippen molar-refractivity contribution in [3.8, 4) is 11.1 Å². The molecule has 158 valence electrons. The van der Waals surface area contributed by atoms with Crippen LogP contribution in [0.2, 0.25) is 0 Å². The first-order valence-electron chi connectivity index (χ1n) is 9.62. The van der Waals surface area contributed by atoms with Gasteiger partial charge in [-0.3, -0.25) is 14.8 Å². The van der Waals surface area contributed by atoms with E-state index in [9.17, 15) is 13.2 Å². The van der Waals surface area contributed by atoms with Crippen LogP contribution in [0.5, 0.6) is 0 Å². The van der Waals surface area contributed by atoms with Gasteiger partial charge >= 0.3 is 0 Å². The molecular weight excluding hydrogens is 400 g/mol. The zero-order valence-electron chi connectivity index (χ0n) is 17.4. The summed E-state index contributed by atoms with van der Waals surface area (Å²) in [5, 5.41) is 0. The van der Waals surface area contributed by atoms with Crippen molar-refractivity contribution in [1.29, 1.82) is 0 Å². The molecule has 0 atom stereocenters. The molecule has 0 bridgehead atoms. The van der Waals surface area contributed by atoms with E-state index in [2.05, 4.69) is 9.98 Å². The van der Waals surface area contributed by atoms with Crippen LogP contribution in [-0.4, -0.2) is 56.3 Å². The van der Waals surface area contributed by atoms with Gasteiger partial charge in [0.15, 0.2) is 9.84 Å². The summed E-state index contributed by atoms with van der Waals surface area (Å²) in [6, 6.07) is 9.40. The summed E-state index contributed by atoms with van der Waals surface area (Å²) >= 11 is 0. The van der Waals surface area contributed by atoms with Crippen LogP contribution in [0.4, 0.5) is 0 Å². The third-order valence-electron chi connectivity index (χ3n) is 5.24. The lowest BCUT2D eigenvalue weighted by atomic mass is 9.96. The lowest BCUT2D eigenvalue weighted by Gasteiger charge is -2.30. The number of rotatable bonds is 4. The Kier molecular flexibility index (Phi) is 6.36. The van der Waals surface area contributed by atoms with Crippen molar-refractivity contribution in [3.05, 3.63) is 59.6 Å². The molecule has 2 aromatic rings. The van der Waals surface area contributed by atoms with Crippen LogP contribution in [0, 0.1) is 0 Å². The summed E-state index contributed by atoms with van der Waals surface area (Å²) in [6.07, 6.45) is 5.40. The van der Waals surface area contributed by atoms with Crippen molar-refractivity contribution < 1.29 is 13.2 Å². The summed E-state index contributed by atoms with van der Waals surface area (Å²) < 4.78 is 23.5. The Morgan fingerprint density at radius 2 is 1.90 bits per heavy atom. The van der Waals surface area contributed by atoms with Crippen LogP contribution in [0.25, 0.3) is 11.1 Å². The molecular formula is C22H26N4O3S. The minimum atomic E-state index is -3.31. The standard InChI is InChI=1S/C22H26N4O3S/c1-15(27)26-9-8-22(24-2)20(14-26)21(23)10-16-4-6-17(7-5-16)18-11-19(13-25-12-18)30(3,28)29/h4-7,11-13H,8-10,14,23H2,1-3H3. The number of hydrogen-bond donors (Lipinski definition) is 1. The van der Waals surface area contributed by atoms with Crippen LogP contribution in [0.1, 0.15) is 18.9 Å². The molecule has 0 saturated carbocycles. The average Bonchev–Trinajstić information content (AvgIpc) is 2.73. The van der Waals surface area contributed by atoms with Gasteiger partial charge in [0.1, 0.15) is 0 Å². The molecule has 8 heteroatoms. The highest BCUT2D eigenvalue weighted by molar-refractivity contribution is 7.90. The number of likely N-dealkylation sites (tertiary alicyclic amines) is 1. The van der Waals surface area contributed by atoms with Crippen LogP contribution < -0.4 is 5.73 Å². The second-order valence-electron chi connectivity index (χ2n) is 7.42. The number of aliphatic imine (C=N–C) groups is 1. The molecule has 0 aliphatic carbocycles. The smallest absolute Gasteiger partial charge is 0.219 e. The maximum Gasteiger partial charge on any atom is 0.219 e. The van der Waals surface area contributed by atoms with Gasteiger partial charge < -0.3 is 10.6 Å². The minimum absolute atomic E-state index is 0.0322. The number of piperidine rings is 1. The first-order chi connectivity index (χ1) is 14.2. The number of pyridine rings is 1. The minimum Gasteiger partial charge on any atom is -0.401 e. The fraction of sp³-hybridized carbons (Fsp3) is 0.318. The van der Waals surface area contributed by atoms with Gasteiger partial charge in [-0.25, -0.2) is 8.42 Å². The van der Waals surface area contributed by atoms with E-state index < -0.39 is 9.84 Å². The van der Waals surface area contributed by atoms with Gasteiger partial charge in [0.25, 0.3) is 0 Å². The van der Waals surface area contributed by atoms with Crippen LogP contribution in [0.3, 0.4) is 0 Å². The Labute approximate surface area is 177 Å². The molecule has 0 spiro atoms. The molecule has 3 rings (SSSR count). The molecule has 1 amide bonds. The van der Waals surface area contributed by atoms with Gasteiger partial charge in [-0.15, -0.1) is 0 Å². The molecule has 2 N–H and O–H groups in total. The van der Waals surface area contributed by atoms with Gasteiger partial charge in [0.05, 0.1) is 4.90 Å². The number of benzene rings is 1. The summed E-state index contributed by atoms with van der Waals surface area (Å²) in [5.41, 5.74) is 11.6. The summed E-state index contributed by atoms with van der Waals surface area (Å²) in [6.45, 7) is 2.71.